The molecule has 2 aromatic rings. The van der Waals surface area contributed by atoms with E-state index in [1.807, 2.05) is 13.8 Å². The zero-order chi connectivity index (χ0) is 23.9. The molecule has 0 heterocycles. The standard InChI is InChI=1S/C23H30ClN3O4S/c1-5-14-25-23(29)18(3)26(15-19-8-10-20(24)11-9-19)22(28)16-27(32(4,30)31)21-12-6-17(2)7-13-21/h6-13,18H,5,14-16H2,1-4H3,(H,25,29). The molecule has 0 radical (unpaired) electrons. The second-order valence-electron chi connectivity index (χ2n) is 7.72. The maximum atomic E-state index is 13.3. The maximum absolute atomic E-state index is 13.3. The topological polar surface area (TPSA) is 86.8 Å². The van der Waals surface area contributed by atoms with Gasteiger partial charge in [-0.1, -0.05) is 48.4 Å². The van der Waals surface area contributed by atoms with Crippen molar-refractivity contribution in [3.63, 3.8) is 0 Å². The Labute approximate surface area is 195 Å². The third-order valence-electron chi connectivity index (χ3n) is 4.98. The molecule has 1 atom stereocenters. The largest absolute Gasteiger partial charge is 0.354 e. The van der Waals surface area contributed by atoms with E-state index < -0.39 is 28.5 Å². The van der Waals surface area contributed by atoms with Crippen LogP contribution < -0.4 is 9.62 Å². The lowest BCUT2D eigenvalue weighted by Gasteiger charge is -2.31. The number of anilines is 1. The van der Waals surface area contributed by atoms with Crippen molar-refractivity contribution in [3.05, 3.63) is 64.7 Å². The van der Waals surface area contributed by atoms with Crippen LogP contribution in [0.25, 0.3) is 0 Å². The highest BCUT2D eigenvalue weighted by Crippen LogP contribution is 2.20. The number of rotatable bonds is 10. The quantitative estimate of drug-likeness (QED) is 0.566. The molecule has 2 aromatic carbocycles. The number of benzene rings is 2. The third-order valence-corrected chi connectivity index (χ3v) is 6.38. The highest BCUT2D eigenvalue weighted by molar-refractivity contribution is 7.92. The highest BCUT2D eigenvalue weighted by atomic mass is 35.5. The molecule has 174 valence electrons. The molecule has 0 aliphatic rings. The van der Waals surface area contributed by atoms with Crippen molar-refractivity contribution in [1.29, 1.82) is 0 Å². The van der Waals surface area contributed by atoms with E-state index in [1.165, 1.54) is 4.90 Å². The van der Waals surface area contributed by atoms with Crippen molar-refractivity contribution in [2.24, 2.45) is 0 Å². The number of nitrogens with one attached hydrogen (secondary N) is 1. The summed E-state index contributed by atoms with van der Waals surface area (Å²) in [5.41, 5.74) is 2.14. The van der Waals surface area contributed by atoms with Gasteiger partial charge in [-0.3, -0.25) is 13.9 Å². The molecule has 2 rings (SSSR count). The van der Waals surface area contributed by atoms with E-state index in [0.717, 1.165) is 28.1 Å². The van der Waals surface area contributed by atoms with Gasteiger partial charge < -0.3 is 10.2 Å². The van der Waals surface area contributed by atoms with Crippen LogP contribution in [-0.4, -0.2) is 50.5 Å². The number of aryl methyl sites for hydroxylation is 1. The van der Waals surface area contributed by atoms with Crippen molar-refractivity contribution in [2.75, 3.05) is 23.7 Å². The summed E-state index contributed by atoms with van der Waals surface area (Å²) in [6.45, 7) is 5.68. The zero-order valence-corrected chi connectivity index (χ0v) is 20.4. The van der Waals surface area contributed by atoms with Gasteiger partial charge >= 0.3 is 0 Å². The number of carbonyl (C=O) groups excluding carboxylic acids is 2. The van der Waals surface area contributed by atoms with E-state index in [2.05, 4.69) is 5.32 Å². The van der Waals surface area contributed by atoms with Crippen molar-refractivity contribution in [3.8, 4) is 0 Å². The van der Waals surface area contributed by atoms with E-state index in [1.54, 1.807) is 55.5 Å². The first-order valence-electron chi connectivity index (χ1n) is 10.4. The van der Waals surface area contributed by atoms with Crippen molar-refractivity contribution >= 4 is 39.1 Å². The van der Waals surface area contributed by atoms with E-state index in [0.29, 0.717) is 17.3 Å². The van der Waals surface area contributed by atoms with E-state index in [-0.39, 0.29) is 12.5 Å². The van der Waals surface area contributed by atoms with Crippen LogP contribution in [0, 0.1) is 6.92 Å². The molecular weight excluding hydrogens is 450 g/mol. The van der Waals surface area contributed by atoms with Crippen LogP contribution in [0.1, 0.15) is 31.4 Å². The van der Waals surface area contributed by atoms with Gasteiger partial charge in [0.1, 0.15) is 12.6 Å². The molecule has 0 fully saturated rings. The monoisotopic (exact) mass is 479 g/mol. The molecule has 0 aromatic heterocycles. The minimum Gasteiger partial charge on any atom is -0.354 e. The van der Waals surface area contributed by atoms with Gasteiger partial charge in [0, 0.05) is 18.1 Å². The molecule has 0 bridgehead atoms. The lowest BCUT2D eigenvalue weighted by Crippen LogP contribution is -2.51. The second kappa shape index (κ2) is 11.3. The Bertz CT molecular complexity index is 1020. The molecule has 0 saturated carbocycles. The van der Waals surface area contributed by atoms with E-state index in [4.69, 9.17) is 11.6 Å². The zero-order valence-electron chi connectivity index (χ0n) is 18.8. The fourth-order valence-corrected chi connectivity index (χ4v) is 4.07. The number of sulfonamides is 1. The van der Waals surface area contributed by atoms with Gasteiger partial charge in [0.05, 0.1) is 11.9 Å². The Morgan fingerprint density at radius 2 is 1.66 bits per heavy atom. The molecular formula is C23H30ClN3O4S. The van der Waals surface area contributed by atoms with Crippen LogP contribution in [0.3, 0.4) is 0 Å². The number of amides is 2. The molecule has 0 aliphatic heterocycles. The summed E-state index contributed by atoms with van der Waals surface area (Å²) in [7, 11) is -3.73. The summed E-state index contributed by atoms with van der Waals surface area (Å²) in [6.07, 6.45) is 1.82. The summed E-state index contributed by atoms with van der Waals surface area (Å²) in [5, 5.41) is 3.36. The third kappa shape index (κ3) is 7.24. The molecule has 1 N–H and O–H groups in total. The van der Waals surface area contributed by atoms with Crippen LogP contribution in [0.5, 0.6) is 0 Å². The van der Waals surface area contributed by atoms with Crippen LogP contribution in [0.15, 0.2) is 48.5 Å². The van der Waals surface area contributed by atoms with Gasteiger partial charge in [0.25, 0.3) is 0 Å². The lowest BCUT2D eigenvalue weighted by atomic mass is 10.1. The highest BCUT2D eigenvalue weighted by Gasteiger charge is 2.29. The normalized spacial score (nSPS) is 12.2. The average molecular weight is 480 g/mol. The Hall–Kier alpha value is -2.58. The Balaban J connectivity index is 2.34. The van der Waals surface area contributed by atoms with Crippen LogP contribution in [0.2, 0.25) is 5.02 Å². The summed E-state index contributed by atoms with van der Waals surface area (Å²) in [6, 6.07) is 13.0. The van der Waals surface area contributed by atoms with Gasteiger partial charge in [-0.15, -0.1) is 0 Å². The van der Waals surface area contributed by atoms with Crippen LogP contribution in [0.4, 0.5) is 5.69 Å². The Kier molecular flexibility index (Phi) is 9.09. The van der Waals surface area contributed by atoms with Crippen LogP contribution in [-0.2, 0) is 26.2 Å². The van der Waals surface area contributed by atoms with Gasteiger partial charge in [-0.2, -0.15) is 0 Å². The van der Waals surface area contributed by atoms with Crippen molar-refractivity contribution in [1.82, 2.24) is 10.2 Å². The van der Waals surface area contributed by atoms with Gasteiger partial charge in [-0.05, 0) is 50.1 Å². The minimum absolute atomic E-state index is 0.141. The smallest absolute Gasteiger partial charge is 0.244 e. The lowest BCUT2D eigenvalue weighted by molar-refractivity contribution is -0.139. The maximum Gasteiger partial charge on any atom is 0.244 e. The van der Waals surface area contributed by atoms with Crippen molar-refractivity contribution in [2.45, 2.75) is 39.8 Å². The molecule has 32 heavy (non-hydrogen) atoms. The van der Waals surface area contributed by atoms with Gasteiger partial charge in [0.15, 0.2) is 0 Å². The SMILES string of the molecule is CCCNC(=O)C(C)N(Cc1ccc(Cl)cc1)C(=O)CN(c1ccc(C)cc1)S(C)(=O)=O. The Morgan fingerprint density at radius 1 is 1.06 bits per heavy atom. The summed E-state index contributed by atoms with van der Waals surface area (Å²) < 4.78 is 26.0. The molecule has 1 unspecified atom stereocenters. The number of hydrogen-bond acceptors (Lipinski definition) is 4. The van der Waals surface area contributed by atoms with Crippen LogP contribution >= 0.6 is 11.6 Å². The first-order valence-corrected chi connectivity index (χ1v) is 12.6. The number of nitrogens with zero attached hydrogens (tertiary/aromatic N) is 2. The molecule has 0 aliphatic carbocycles. The average Bonchev–Trinajstić information content (AvgIpc) is 2.74. The van der Waals surface area contributed by atoms with E-state index >= 15 is 0 Å². The molecule has 7 nitrogen and oxygen atoms in total. The minimum atomic E-state index is -3.73. The summed E-state index contributed by atoms with van der Waals surface area (Å²) in [4.78, 5) is 27.4. The van der Waals surface area contributed by atoms with Gasteiger partial charge in [0.2, 0.25) is 21.8 Å². The predicted molar refractivity (Wildman–Crippen MR) is 128 cm³/mol. The fraction of sp³-hybridized carbons (Fsp3) is 0.391. The Morgan fingerprint density at radius 3 is 2.19 bits per heavy atom. The van der Waals surface area contributed by atoms with Gasteiger partial charge in [-0.25, -0.2) is 8.42 Å². The predicted octanol–water partition coefficient (Wildman–Crippen LogP) is 3.36. The molecule has 2 amide bonds. The fourth-order valence-electron chi connectivity index (χ4n) is 3.09. The second-order valence-corrected chi connectivity index (χ2v) is 10.1. The molecule has 9 heteroatoms. The molecule has 0 spiro atoms. The summed E-state index contributed by atoms with van der Waals surface area (Å²) >= 11 is 5.96. The van der Waals surface area contributed by atoms with E-state index in [9.17, 15) is 18.0 Å². The first kappa shape index (κ1) is 25.7. The first-order chi connectivity index (χ1) is 15.0. The summed E-state index contributed by atoms with van der Waals surface area (Å²) in [5.74, 6) is -0.777. The number of carbonyl (C=O) groups is 2. The number of hydrogen-bond donors (Lipinski definition) is 1. The van der Waals surface area contributed by atoms with Crippen molar-refractivity contribution < 1.29 is 18.0 Å². The number of halogens is 1. The molecule has 0 saturated heterocycles.